The second-order valence-corrected chi connectivity index (χ2v) is 4.60. The molecule has 0 aromatic heterocycles. The van der Waals surface area contributed by atoms with Crippen LogP contribution in [0.4, 0.5) is 0 Å². The molecule has 0 aromatic rings. The highest BCUT2D eigenvalue weighted by Crippen LogP contribution is 2.23. The third kappa shape index (κ3) is 4.94. The largest absolute Gasteiger partial charge is 0.385 e. The summed E-state index contributed by atoms with van der Waals surface area (Å²) in [6.45, 7) is 1.89. The van der Waals surface area contributed by atoms with E-state index in [1.807, 2.05) is 0 Å². The maximum Gasteiger partial charge on any atom is 0.220 e. The van der Waals surface area contributed by atoms with Crippen molar-refractivity contribution in [1.29, 1.82) is 0 Å². The zero-order chi connectivity index (χ0) is 11.8. The maximum absolute atomic E-state index is 11.0. The van der Waals surface area contributed by atoms with E-state index in [9.17, 15) is 4.79 Å². The summed E-state index contributed by atoms with van der Waals surface area (Å²) in [7, 11) is 1.73. The van der Waals surface area contributed by atoms with Crippen molar-refractivity contribution >= 4 is 5.91 Å². The Morgan fingerprint density at radius 1 is 1.31 bits per heavy atom. The van der Waals surface area contributed by atoms with E-state index in [1.54, 1.807) is 7.11 Å². The molecule has 4 heteroatoms. The number of carbonyl (C=O) groups excluding carboxylic acids is 1. The van der Waals surface area contributed by atoms with Crippen LogP contribution in [0, 0.1) is 5.92 Å². The number of nitrogens with two attached hydrogens (primary N) is 1. The van der Waals surface area contributed by atoms with Crippen LogP contribution in [-0.4, -0.2) is 32.2 Å². The molecule has 0 aliphatic heterocycles. The SMILES string of the molecule is COCCCCNC1CCC(C(N)=O)CC1. The van der Waals surface area contributed by atoms with Crippen LogP contribution in [-0.2, 0) is 9.53 Å². The lowest BCUT2D eigenvalue weighted by atomic mass is 9.85. The lowest BCUT2D eigenvalue weighted by Crippen LogP contribution is -2.37. The molecule has 0 atom stereocenters. The van der Waals surface area contributed by atoms with Gasteiger partial charge >= 0.3 is 0 Å². The molecule has 94 valence electrons. The molecule has 0 spiro atoms. The molecule has 0 heterocycles. The normalized spacial score (nSPS) is 25.6. The summed E-state index contributed by atoms with van der Waals surface area (Å²) in [4.78, 5) is 11.0. The third-order valence-corrected chi connectivity index (χ3v) is 3.34. The van der Waals surface area contributed by atoms with Crippen molar-refractivity contribution in [1.82, 2.24) is 5.32 Å². The van der Waals surface area contributed by atoms with Gasteiger partial charge in [-0.2, -0.15) is 0 Å². The number of hydrogen-bond donors (Lipinski definition) is 2. The van der Waals surface area contributed by atoms with Gasteiger partial charge in [-0.25, -0.2) is 0 Å². The Hall–Kier alpha value is -0.610. The molecule has 16 heavy (non-hydrogen) atoms. The van der Waals surface area contributed by atoms with Crippen molar-refractivity contribution in [2.75, 3.05) is 20.3 Å². The summed E-state index contributed by atoms with van der Waals surface area (Å²) in [5.74, 6) is -0.00918. The molecule has 1 saturated carbocycles. The van der Waals surface area contributed by atoms with Gasteiger partial charge in [0.1, 0.15) is 0 Å². The van der Waals surface area contributed by atoms with Crippen LogP contribution < -0.4 is 11.1 Å². The molecule has 1 amide bonds. The predicted octanol–water partition coefficient (Wildman–Crippen LogP) is 1.05. The molecule has 0 radical (unpaired) electrons. The number of rotatable bonds is 7. The van der Waals surface area contributed by atoms with Gasteiger partial charge in [-0.1, -0.05) is 0 Å². The molecule has 0 unspecified atom stereocenters. The topological polar surface area (TPSA) is 64.3 Å². The fourth-order valence-corrected chi connectivity index (χ4v) is 2.26. The summed E-state index contributed by atoms with van der Waals surface area (Å²) in [6, 6.07) is 0.582. The average molecular weight is 228 g/mol. The first-order valence-electron chi connectivity index (χ1n) is 6.25. The summed E-state index contributed by atoms with van der Waals surface area (Å²) >= 11 is 0. The first-order valence-corrected chi connectivity index (χ1v) is 6.25. The van der Waals surface area contributed by atoms with Gasteiger partial charge in [-0.05, 0) is 45.1 Å². The van der Waals surface area contributed by atoms with E-state index < -0.39 is 0 Å². The van der Waals surface area contributed by atoms with Gasteiger partial charge < -0.3 is 15.8 Å². The number of nitrogens with one attached hydrogen (secondary N) is 1. The molecular weight excluding hydrogens is 204 g/mol. The minimum absolute atomic E-state index is 0.117. The Morgan fingerprint density at radius 3 is 2.56 bits per heavy atom. The van der Waals surface area contributed by atoms with E-state index >= 15 is 0 Å². The van der Waals surface area contributed by atoms with Gasteiger partial charge in [0.25, 0.3) is 0 Å². The number of methoxy groups -OCH3 is 1. The fraction of sp³-hybridized carbons (Fsp3) is 0.917. The van der Waals surface area contributed by atoms with Crippen LogP contribution in [0.25, 0.3) is 0 Å². The number of hydrogen-bond acceptors (Lipinski definition) is 3. The molecule has 4 nitrogen and oxygen atoms in total. The number of amides is 1. The van der Waals surface area contributed by atoms with Crippen LogP contribution in [0.3, 0.4) is 0 Å². The molecular formula is C12H24N2O2. The second-order valence-electron chi connectivity index (χ2n) is 4.60. The number of primary amides is 1. The van der Waals surface area contributed by atoms with E-state index in [4.69, 9.17) is 10.5 Å². The van der Waals surface area contributed by atoms with E-state index in [0.717, 1.165) is 51.7 Å². The smallest absolute Gasteiger partial charge is 0.220 e. The molecule has 1 aliphatic rings. The highest BCUT2D eigenvalue weighted by Gasteiger charge is 2.23. The Labute approximate surface area is 97.9 Å². The number of unbranched alkanes of at least 4 members (excludes halogenated alkanes) is 1. The predicted molar refractivity (Wildman–Crippen MR) is 64.1 cm³/mol. The molecule has 1 fully saturated rings. The summed E-state index contributed by atoms with van der Waals surface area (Å²) in [6.07, 6.45) is 6.33. The van der Waals surface area contributed by atoms with Crippen LogP contribution in [0.2, 0.25) is 0 Å². The van der Waals surface area contributed by atoms with E-state index in [2.05, 4.69) is 5.32 Å². The molecule has 0 bridgehead atoms. The zero-order valence-corrected chi connectivity index (χ0v) is 10.2. The van der Waals surface area contributed by atoms with E-state index in [-0.39, 0.29) is 11.8 Å². The number of carbonyl (C=O) groups is 1. The van der Waals surface area contributed by atoms with Gasteiger partial charge in [-0.15, -0.1) is 0 Å². The first-order chi connectivity index (χ1) is 7.74. The number of ether oxygens (including phenoxy) is 1. The van der Waals surface area contributed by atoms with Crippen LogP contribution in [0.5, 0.6) is 0 Å². The third-order valence-electron chi connectivity index (χ3n) is 3.34. The van der Waals surface area contributed by atoms with E-state index in [1.165, 1.54) is 0 Å². The van der Waals surface area contributed by atoms with Crippen LogP contribution in [0.1, 0.15) is 38.5 Å². The van der Waals surface area contributed by atoms with Crippen molar-refractivity contribution < 1.29 is 9.53 Å². The van der Waals surface area contributed by atoms with Crippen molar-refractivity contribution in [3.8, 4) is 0 Å². The first kappa shape index (κ1) is 13.5. The van der Waals surface area contributed by atoms with Crippen LogP contribution in [0.15, 0.2) is 0 Å². The van der Waals surface area contributed by atoms with Gasteiger partial charge in [0.2, 0.25) is 5.91 Å². The quantitative estimate of drug-likeness (QED) is 0.640. The van der Waals surface area contributed by atoms with Crippen molar-refractivity contribution in [2.24, 2.45) is 11.7 Å². The molecule has 0 aromatic carbocycles. The van der Waals surface area contributed by atoms with Crippen molar-refractivity contribution in [3.63, 3.8) is 0 Å². The standard InChI is InChI=1S/C12H24N2O2/c1-16-9-3-2-8-14-11-6-4-10(5-7-11)12(13)15/h10-11,14H,2-9H2,1H3,(H2,13,15). The highest BCUT2D eigenvalue weighted by molar-refractivity contribution is 5.76. The van der Waals surface area contributed by atoms with Gasteiger partial charge in [0, 0.05) is 25.7 Å². The van der Waals surface area contributed by atoms with Crippen molar-refractivity contribution in [2.45, 2.75) is 44.6 Å². The monoisotopic (exact) mass is 228 g/mol. The van der Waals surface area contributed by atoms with Gasteiger partial charge in [-0.3, -0.25) is 4.79 Å². The summed E-state index contributed by atoms with van der Waals surface area (Å²) in [5, 5.41) is 3.53. The molecule has 3 N–H and O–H groups in total. The summed E-state index contributed by atoms with van der Waals surface area (Å²) in [5.41, 5.74) is 5.29. The van der Waals surface area contributed by atoms with E-state index in [0.29, 0.717) is 6.04 Å². The van der Waals surface area contributed by atoms with Crippen molar-refractivity contribution in [3.05, 3.63) is 0 Å². The van der Waals surface area contributed by atoms with Gasteiger partial charge in [0.15, 0.2) is 0 Å². The molecule has 1 aliphatic carbocycles. The fourth-order valence-electron chi connectivity index (χ4n) is 2.26. The second kappa shape index (κ2) is 7.63. The Bertz CT molecular complexity index is 201. The molecule has 0 saturated heterocycles. The van der Waals surface area contributed by atoms with Crippen LogP contribution >= 0.6 is 0 Å². The zero-order valence-electron chi connectivity index (χ0n) is 10.2. The van der Waals surface area contributed by atoms with Gasteiger partial charge in [0.05, 0.1) is 0 Å². The Balaban J connectivity index is 2.02. The molecule has 1 rings (SSSR count). The highest BCUT2D eigenvalue weighted by atomic mass is 16.5. The Kier molecular flexibility index (Phi) is 6.42. The minimum atomic E-state index is -0.126. The lowest BCUT2D eigenvalue weighted by Gasteiger charge is -2.27. The summed E-state index contributed by atoms with van der Waals surface area (Å²) < 4.78 is 5.00. The maximum atomic E-state index is 11.0. The Morgan fingerprint density at radius 2 is 2.00 bits per heavy atom. The lowest BCUT2D eigenvalue weighted by molar-refractivity contribution is -0.122. The minimum Gasteiger partial charge on any atom is -0.385 e. The average Bonchev–Trinajstić information content (AvgIpc) is 2.29.